The fourth-order valence-corrected chi connectivity index (χ4v) is 2.85. The summed E-state index contributed by atoms with van der Waals surface area (Å²) in [6.45, 7) is -0.526. The van der Waals surface area contributed by atoms with Crippen LogP contribution < -0.4 is 10.6 Å². The number of hydrogen-bond acceptors (Lipinski definition) is 6. The number of nitrogens with one attached hydrogen (secondary N) is 2. The smallest absolute Gasteiger partial charge is 0.270 e. The monoisotopic (exact) mass is 414 g/mol. The zero-order valence-electron chi connectivity index (χ0n) is 15.4. The van der Waals surface area contributed by atoms with Crippen molar-refractivity contribution >= 4 is 29.3 Å². The fraction of sp³-hybridized carbons (Fsp3) is 0.158. The molecule has 0 unspecified atom stereocenters. The van der Waals surface area contributed by atoms with Crippen LogP contribution in [0.2, 0.25) is 0 Å². The zero-order chi connectivity index (χ0) is 21.8. The van der Waals surface area contributed by atoms with Crippen LogP contribution in [-0.2, 0) is 4.79 Å². The number of rotatable bonds is 7. The van der Waals surface area contributed by atoms with E-state index in [0.29, 0.717) is 4.90 Å². The van der Waals surface area contributed by atoms with Gasteiger partial charge in [0.05, 0.1) is 16.1 Å². The number of hydrogen-bond donors (Lipinski definition) is 2. The van der Waals surface area contributed by atoms with Crippen LogP contribution in [0.4, 0.5) is 10.1 Å². The number of halogens is 1. The predicted octanol–water partition coefficient (Wildman–Crippen LogP) is 0.876. The number of carbonyl (C=O) groups excluding carboxylic acids is 4. The Labute approximate surface area is 168 Å². The van der Waals surface area contributed by atoms with Crippen molar-refractivity contribution in [2.24, 2.45) is 0 Å². The largest absolute Gasteiger partial charge is 0.353 e. The summed E-state index contributed by atoms with van der Waals surface area (Å²) in [7, 11) is 0. The summed E-state index contributed by atoms with van der Waals surface area (Å²) in [5, 5.41) is 15.8. The van der Waals surface area contributed by atoms with Crippen LogP contribution in [0.25, 0.3) is 0 Å². The van der Waals surface area contributed by atoms with Crippen molar-refractivity contribution in [3.8, 4) is 0 Å². The van der Waals surface area contributed by atoms with Gasteiger partial charge >= 0.3 is 0 Å². The highest BCUT2D eigenvalue weighted by Crippen LogP contribution is 2.26. The maximum atomic E-state index is 13.1. The van der Waals surface area contributed by atoms with Gasteiger partial charge in [-0.1, -0.05) is 6.07 Å². The summed E-state index contributed by atoms with van der Waals surface area (Å²) >= 11 is 0. The molecule has 0 aliphatic carbocycles. The lowest BCUT2D eigenvalue weighted by molar-refractivity contribution is -0.384. The molecule has 10 nitrogen and oxygen atoms in total. The summed E-state index contributed by atoms with van der Waals surface area (Å²) in [6, 6.07) is 8.37. The number of nitrogens with zero attached hydrogens (tertiary/aromatic N) is 2. The van der Waals surface area contributed by atoms with E-state index in [9.17, 15) is 33.7 Å². The molecule has 2 aromatic rings. The zero-order valence-corrected chi connectivity index (χ0v) is 15.4. The summed E-state index contributed by atoms with van der Waals surface area (Å²) in [6.07, 6.45) is 0. The van der Waals surface area contributed by atoms with Crippen LogP contribution in [-0.4, -0.2) is 53.1 Å². The Kier molecular flexibility index (Phi) is 5.81. The Balaban J connectivity index is 1.50. The third-order valence-electron chi connectivity index (χ3n) is 4.29. The lowest BCUT2D eigenvalue weighted by Gasteiger charge is -2.13. The van der Waals surface area contributed by atoms with Crippen molar-refractivity contribution < 1.29 is 28.5 Å². The standard InChI is InChI=1S/C19H15FN4O6/c20-12-3-1-2-11(8-12)17(26)22-7-6-21-16(25)10-23-18(27)14-5-4-13(24(29)30)9-15(14)19(23)28/h1-5,8-9H,6-7,10H2,(H,21,25)(H,22,26). The normalized spacial score (nSPS) is 12.5. The molecular formula is C19H15FN4O6. The topological polar surface area (TPSA) is 139 Å². The molecule has 0 aromatic heterocycles. The highest BCUT2D eigenvalue weighted by Gasteiger charge is 2.37. The Morgan fingerprint density at radius 1 is 1.00 bits per heavy atom. The first-order chi connectivity index (χ1) is 14.3. The SMILES string of the molecule is O=C(CN1C(=O)c2ccc([N+](=O)[O-])cc2C1=O)NCCNC(=O)c1cccc(F)c1. The molecule has 4 amide bonds. The molecule has 0 saturated heterocycles. The van der Waals surface area contributed by atoms with Crippen LogP contribution in [0, 0.1) is 15.9 Å². The Bertz CT molecular complexity index is 1070. The molecule has 2 aromatic carbocycles. The van der Waals surface area contributed by atoms with E-state index < -0.39 is 40.9 Å². The molecule has 11 heteroatoms. The second-order valence-corrected chi connectivity index (χ2v) is 6.30. The average Bonchev–Trinajstić information content (AvgIpc) is 2.95. The van der Waals surface area contributed by atoms with Crippen LogP contribution in [0.15, 0.2) is 42.5 Å². The first-order valence-electron chi connectivity index (χ1n) is 8.73. The third-order valence-corrected chi connectivity index (χ3v) is 4.29. The Hall–Kier alpha value is -4.15. The highest BCUT2D eigenvalue weighted by atomic mass is 19.1. The lowest BCUT2D eigenvalue weighted by atomic mass is 10.1. The van der Waals surface area contributed by atoms with Crippen LogP contribution in [0.5, 0.6) is 0 Å². The van der Waals surface area contributed by atoms with E-state index in [0.717, 1.165) is 18.2 Å². The average molecular weight is 414 g/mol. The van der Waals surface area contributed by atoms with Crippen molar-refractivity contribution in [2.45, 2.75) is 0 Å². The lowest BCUT2D eigenvalue weighted by Crippen LogP contribution is -2.42. The summed E-state index contributed by atoms with van der Waals surface area (Å²) < 4.78 is 13.1. The van der Waals surface area contributed by atoms with E-state index in [1.54, 1.807) is 0 Å². The van der Waals surface area contributed by atoms with Gasteiger partial charge in [-0.3, -0.25) is 34.2 Å². The number of nitro groups is 1. The molecule has 1 aliphatic rings. The van der Waals surface area contributed by atoms with Gasteiger partial charge < -0.3 is 10.6 Å². The Morgan fingerprint density at radius 2 is 1.70 bits per heavy atom. The molecule has 0 fully saturated rings. The van der Waals surface area contributed by atoms with E-state index in [1.807, 2.05) is 0 Å². The third kappa shape index (κ3) is 4.29. The molecule has 2 N–H and O–H groups in total. The number of benzene rings is 2. The number of carbonyl (C=O) groups is 4. The van der Waals surface area contributed by atoms with E-state index >= 15 is 0 Å². The van der Waals surface area contributed by atoms with Gasteiger partial charge in [-0.05, 0) is 24.3 Å². The summed E-state index contributed by atoms with van der Waals surface area (Å²) in [5.74, 6) is -3.25. The van der Waals surface area contributed by atoms with Crippen molar-refractivity contribution in [1.82, 2.24) is 15.5 Å². The van der Waals surface area contributed by atoms with Gasteiger partial charge in [0.2, 0.25) is 5.91 Å². The minimum Gasteiger partial charge on any atom is -0.353 e. The molecule has 0 radical (unpaired) electrons. The molecule has 0 saturated carbocycles. The number of amides is 4. The van der Waals surface area contributed by atoms with Crippen molar-refractivity contribution in [2.75, 3.05) is 19.6 Å². The summed E-state index contributed by atoms with van der Waals surface area (Å²) in [4.78, 5) is 59.4. The summed E-state index contributed by atoms with van der Waals surface area (Å²) in [5.41, 5.74) is -0.359. The van der Waals surface area contributed by atoms with Crippen LogP contribution in [0.1, 0.15) is 31.1 Å². The van der Waals surface area contributed by atoms with Crippen LogP contribution in [0.3, 0.4) is 0 Å². The predicted molar refractivity (Wildman–Crippen MR) is 100 cm³/mol. The van der Waals surface area contributed by atoms with Crippen molar-refractivity contribution in [3.63, 3.8) is 0 Å². The number of non-ortho nitro benzene ring substituents is 1. The highest BCUT2D eigenvalue weighted by molar-refractivity contribution is 6.22. The second kappa shape index (κ2) is 8.47. The molecule has 1 aliphatic heterocycles. The molecular weight excluding hydrogens is 399 g/mol. The second-order valence-electron chi connectivity index (χ2n) is 6.30. The van der Waals surface area contributed by atoms with Gasteiger partial charge in [0.25, 0.3) is 23.4 Å². The minimum atomic E-state index is -0.798. The van der Waals surface area contributed by atoms with Gasteiger partial charge in [0.15, 0.2) is 0 Å². The maximum absolute atomic E-state index is 13.1. The molecule has 30 heavy (non-hydrogen) atoms. The van der Waals surface area contributed by atoms with E-state index in [-0.39, 0.29) is 35.5 Å². The van der Waals surface area contributed by atoms with Crippen molar-refractivity contribution in [3.05, 3.63) is 75.1 Å². The van der Waals surface area contributed by atoms with Crippen molar-refractivity contribution in [1.29, 1.82) is 0 Å². The van der Waals surface area contributed by atoms with Gasteiger partial charge in [-0.25, -0.2) is 4.39 Å². The first kappa shape index (κ1) is 20.6. The Morgan fingerprint density at radius 3 is 2.40 bits per heavy atom. The maximum Gasteiger partial charge on any atom is 0.270 e. The van der Waals surface area contributed by atoms with E-state index in [2.05, 4.69) is 10.6 Å². The molecule has 1 heterocycles. The minimum absolute atomic E-state index is 0.00846. The molecule has 3 rings (SSSR count). The quantitative estimate of drug-likeness (QED) is 0.298. The molecule has 0 spiro atoms. The van der Waals surface area contributed by atoms with Gasteiger partial charge in [-0.2, -0.15) is 0 Å². The number of nitro benzene ring substituents is 1. The molecule has 154 valence electrons. The molecule has 0 bridgehead atoms. The fourth-order valence-electron chi connectivity index (χ4n) is 2.85. The molecule has 0 atom stereocenters. The first-order valence-corrected chi connectivity index (χ1v) is 8.73. The van der Waals surface area contributed by atoms with Gasteiger partial charge in [-0.15, -0.1) is 0 Å². The van der Waals surface area contributed by atoms with Gasteiger partial charge in [0.1, 0.15) is 12.4 Å². The van der Waals surface area contributed by atoms with Crippen LogP contribution >= 0.6 is 0 Å². The van der Waals surface area contributed by atoms with E-state index in [1.165, 1.54) is 24.3 Å². The van der Waals surface area contributed by atoms with Gasteiger partial charge in [0, 0.05) is 30.8 Å². The number of fused-ring (bicyclic) bond motifs is 1. The number of imide groups is 1. The van der Waals surface area contributed by atoms with E-state index in [4.69, 9.17) is 0 Å².